The van der Waals surface area contributed by atoms with Crippen molar-refractivity contribution in [3.05, 3.63) is 6.33 Å². The van der Waals surface area contributed by atoms with E-state index in [0.29, 0.717) is 11.3 Å². The molecule has 48 heavy (non-hydrogen) atoms. The average Bonchev–Trinajstić information content (AvgIpc) is 3.66. The Balaban J connectivity index is 1.61. The van der Waals surface area contributed by atoms with Gasteiger partial charge in [0.1, 0.15) is 29.9 Å². The molecule has 4 rings (SSSR count). The first-order chi connectivity index (χ1) is 22.6. The summed E-state index contributed by atoms with van der Waals surface area (Å²) in [5.74, 6) is -0.857. The molecule has 17 nitrogen and oxygen atoms in total. The lowest BCUT2D eigenvalue weighted by molar-refractivity contribution is -0.146. The largest absolute Gasteiger partial charge is 0.465 e. The molecule has 3 heterocycles. The van der Waals surface area contributed by atoms with Crippen LogP contribution in [0.15, 0.2) is 6.33 Å². The Morgan fingerprint density at radius 1 is 1.08 bits per heavy atom. The quantitative estimate of drug-likeness (QED) is 0.0967. The molecule has 2 aliphatic rings. The van der Waals surface area contributed by atoms with Crippen molar-refractivity contribution >= 4 is 42.5 Å². The highest BCUT2D eigenvalue weighted by Gasteiger charge is 2.54. The van der Waals surface area contributed by atoms with E-state index in [2.05, 4.69) is 30.4 Å². The molecule has 1 aliphatic heterocycles. The summed E-state index contributed by atoms with van der Waals surface area (Å²) in [7, 11) is -4.30. The number of nitrogen functional groups attached to an aromatic ring is 1. The highest BCUT2D eigenvalue weighted by molar-refractivity contribution is 7.54. The number of anilines is 2. The highest BCUT2D eigenvalue weighted by atomic mass is 31.2. The van der Waals surface area contributed by atoms with E-state index in [9.17, 15) is 24.4 Å². The van der Waals surface area contributed by atoms with Gasteiger partial charge in [-0.05, 0) is 58.3 Å². The van der Waals surface area contributed by atoms with Crippen LogP contribution in [-0.2, 0) is 32.9 Å². The van der Waals surface area contributed by atoms with Crippen molar-refractivity contribution in [2.45, 2.75) is 116 Å². The van der Waals surface area contributed by atoms with Crippen molar-refractivity contribution < 1.29 is 43.1 Å². The van der Waals surface area contributed by atoms with Gasteiger partial charge in [0.25, 0.3) is 0 Å². The van der Waals surface area contributed by atoms with Crippen molar-refractivity contribution in [2.75, 3.05) is 30.9 Å². The number of carbonyl (C=O) groups excluding carboxylic acids is 2. The molecule has 0 radical (unpaired) electrons. The average molecular weight is 699 g/mol. The van der Waals surface area contributed by atoms with Crippen LogP contribution >= 0.6 is 7.67 Å². The number of aromatic nitrogens is 4. The summed E-state index contributed by atoms with van der Waals surface area (Å²) in [4.78, 5) is 38.9. The fraction of sp³-hybridized carbons (Fsp3) is 0.767. The Morgan fingerprint density at radius 2 is 1.65 bits per heavy atom. The normalized spacial score (nSPS) is 25.3. The maximum atomic E-state index is 14.6. The number of carbonyl (C=O) groups is 2. The van der Waals surface area contributed by atoms with Crippen molar-refractivity contribution in [1.82, 2.24) is 29.7 Å². The van der Waals surface area contributed by atoms with E-state index in [4.69, 9.17) is 24.5 Å². The lowest BCUT2D eigenvalue weighted by Crippen LogP contribution is -2.47. The minimum absolute atomic E-state index is 0.00411. The number of aliphatic hydroxyl groups excluding tert-OH is 1. The first-order valence-corrected chi connectivity index (χ1v) is 18.2. The molecule has 0 aromatic carbocycles. The van der Waals surface area contributed by atoms with Gasteiger partial charge in [-0.2, -0.15) is 9.97 Å². The number of hydrogen-bond donors (Lipinski definition) is 6. The minimum atomic E-state index is -4.30. The van der Waals surface area contributed by atoms with Crippen LogP contribution in [0.5, 0.6) is 0 Å². The van der Waals surface area contributed by atoms with Crippen molar-refractivity contribution in [1.29, 1.82) is 0 Å². The molecule has 0 spiro atoms. The molecule has 2 fully saturated rings. The van der Waals surface area contributed by atoms with Gasteiger partial charge in [0, 0.05) is 6.04 Å². The van der Waals surface area contributed by atoms with Crippen LogP contribution in [0.25, 0.3) is 11.2 Å². The second kappa shape index (κ2) is 15.7. The second-order valence-electron chi connectivity index (χ2n) is 13.3. The lowest BCUT2D eigenvalue weighted by Gasteiger charge is -2.30. The first kappa shape index (κ1) is 37.9. The van der Waals surface area contributed by atoms with E-state index in [-0.39, 0.29) is 55.5 Å². The number of aliphatic hydroxyl groups is 2. The third kappa shape index (κ3) is 9.20. The Hall–Kier alpha value is -2.92. The number of fused-ring (bicyclic) bond motifs is 1. The topological polar surface area (TPSA) is 234 Å². The number of imidazole rings is 1. The van der Waals surface area contributed by atoms with Gasteiger partial charge in [0.2, 0.25) is 5.95 Å². The number of esters is 2. The standard InChI is InChI=1S/C30H51N8O9P/c1-8-44-26(40)19(12-16(3)4)36-48(43,37-20(13-17(5)6)27(41)45-9-2)46-14-21-23(39)30(7,42)28(47-21)38-15-32-22-24(33-18-10-11-18)34-29(31)35-25(22)38/h15-21,23,28,39,42H,8-14H2,1-7H3,(H2,36,37,43)(H3,31,33,34,35)/t19?,20?,21-,23-,28-,30-,48?/m1/s1. The minimum Gasteiger partial charge on any atom is -0.465 e. The highest BCUT2D eigenvalue weighted by Crippen LogP contribution is 2.45. The monoisotopic (exact) mass is 698 g/mol. The third-order valence-electron chi connectivity index (χ3n) is 7.99. The smallest absolute Gasteiger partial charge is 0.342 e. The molecular weight excluding hydrogens is 647 g/mol. The van der Waals surface area contributed by atoms with Crippen molar-refractivity contribution in [2.24, 2.45) is 11.8 Å². The molecule has 2 unspecified atom stereocenters. The molecule has 1 aliphatic carbocycles. The predicted octanol–water partition coefficient (Wildman–Crippen LogP) is 2.25. The van der Waals surface area contributed by atoms with Gasteiger partial charge in [-0.25, -0.2) is 15.2 Å². The number of ether oxygens (including phenoxy) is 3. The summed E-state index contributed by atoms with van der Waals surface area (Å²) >= 11 is 0. The fourth-order valence-electron chi connectivity index (χ4n) is 5.54. The van der Waals surface area contributed by atoms with Crippen LogP contribution in [0, 0.1) is 11.8 Å². The summed E-state index contributed by atoms with van der Waals surface area (Å²) < 4.78 is 38.6. The zero-order chi connectivity index (χ0) is 35.4. The van der Waals surface area contributed by atoms with Crippen LogP contribution in [0.1, 0.15) is 80.4 Å². The molecule has 270 valence electrons. The van der Waals surface area contributed by atoms with Gasteiger partial charge in [-0.3, -0.25) is 18.7 Å². The van der Waals surface area contributed by atoms with Crippen LogP contribution in [0.3, 0.4) is 0 Å². The second-order valence-corrected chi connectivity index (χ2v) is 15.2. The summed E-state index contributed by atoms with van der Waals surface area (Å²) in [5.41, 5.74) is 4.79. The van der Waals surface area contributed by atoms with Gasteiger partial charge in [-0.1, -0.05) is 27.7 Å². The van der Waals surface area contributed by atoms with Crippen LogP contribution in [0.4, 0.5) is 11.8 Å². The Kier molecular flexibility index (Phi) is 12.4. The van der Waals surface area contributed by atoms with E-state index in [1.54, 1.807) is 13.8 Å². The Bertz CT molecular complexity index is 1430. The predicted molar refractivity (Wildman–Crippen MR) is 177 cm³/mol. The van der Waals surface area contributed by atoms with Crippen LogP contribution in [-0.4, -0.2) is 97.4 Å². The molecule has 6 atom stereocenters. The van der Waals surface area contributed by atoms with E-state index < -0.39 is 62.3 Å². The Morgan fingerprint density at radius 3 is 2.15 bits per heavy atom. The van der Waals surface area contributed by atoms with Gasteiger partial charge >= 0.3 is 19.6 Å². The van der Waals surface area contributed by atoms with E-state index in [0.717, 1.165) is 12.8 Å². The van der Waals surface area contributed by atoms with Crippen molar-refractivity contribution in [3.63, 3.8) is 0 Å². The molecule has 0 amide bonds. The maximum absolute atomic E-state index is 14.6. The fourth-order valence-corrected chi connectivity index (χ4v) is 7.36. The molecule has 2 aromatic heterocycles. The molecule has 1 saturated heterocycles. The molecule has 2 aromatic rings. The molecular formula is C30H51N8O9P. The molecule has 0 bridgehead atoms. The summed E-state index contributed by atoms with van der Waals surface area (Å²) in [6, 6.07) is -1.86. The van der Waals surface area contributed by atoms with E-state index >= 15 is 0 Å². The van der Waals surface area contributed by atoms with Crippen LogP contribution in [0.2, 0.25) is 0 Å². The number of rotatable bonds is 18. The number of nitrogens with zero attached hydrogens (tertiary/aromatic N) is 4. The summed E-state index contributed by atoms with van der Waals surface area (Å²) in [5, 5.41) is 31.6. The zero-order valence-corrected chi connectivity index (χ0v) is 29.6. The summed E-state index contributed by atoms with van der Waals surface area (Å²) in [6.45, 7) is 12.0. The SMILES string of the molecule is CCOC(=O)C(CC(C)C)NP(=O)(NC(CC(C)C)C(=O)OCC)OC[C@H]1O[C@@H](n2cnc3c(NC4CC4)nc(N)nc32)[C@](C)(O)[C@@H]1O. The number of nitrogens with two attached hydrogens (primary N) is 1. The zero-order valence-electron chi connectivity index (χ0n) is 28.7. The van der Waals surface area contributed by atoms with Gasteiger partial charge in [0.05, 0.1) is 26.1 Å². The molecule has 18 heteroatoms. The lowest BCUT2D eigenvalue weighted by atomic mass is 9.96. The summed E-state index contributed by atoms with van der Waals surface area (Å²) in [6.07, 6.45) is -0.0877. The van der Waals surface area contributed by atoms with Gasteiger partial charge < -0.3 is 40.0 Å². The van der Waals surface area contributed by atoms with Gasteiger partial charge in [0.15, 0.2) is 23.2 Å². The Labute approximate surface area is 280 Å². The van der Waals surface area contributed by atoms with Crippen molar-refractivity contribution in [3.8, 4) is 0 Å². The van der Waals surface area contributed by atoms with E-state index in [1.165, 1.54) is 17.8 Å². The molecule has 1 saturated carbocycles. The number of hydrogen-bond acceptors (Lipinski definition) is 14. The third-order valence-corrected chi connectivity index (χ3v) is 9.81. The maximum Gasteiger partial charge on any atom is 0.342 e. The van der Waals surface area contributed by atoms with Crippen LogP contribution < -0.4 is 21.2 Å². The first-order valence-electron chi connectivity index (χ1n) is 16.5. The van der Waals surface area contributed by atoms with Gasteiger partial charge in [-0.15, -0.1) is 0 Å². The van der Waals surface area contributed by atoms with E-state index in [1.807, 2.05) is 27.7 Å². The number of nitrogens with one attached hydrogen (secondary N) is 3. The molecule has 7 N–H and O–H groups in total.